The van der Waals surface area contributed by atoms with Crippen molar-refractivity contribution in [2.75, 3.05) is 46.0 Å². The molecule has 0 N–H and O–H groups in total. The zero-order chi connectivity index (χ0) is 15.6. The molecule has 1 aromatic heterocycles. The standard InChI is InChI=1S/C13H20N4O4S/c1-11-8-15-12(9-14-11)13-10-17(4-7-21-13)22(18,19)16-2-5-20-6-3-16/h8-9,13H,2-7,10H2,1H3/t13-/m0/s1. The quantitative estimate of drug-likeness (QED) is 0.760. The lowest BCUT2D eigenvalue weighted by Gasteiger charge is -2.36. The first-order chi connectivity index (χ1) is 10.6. The number of rotatable bonds is 3. The summed E-state index contributed by atoms with van der Waals surface area (Å²) in [5, 5.41) is 0. The van der Waals surface area contributed by atoms with Gasteiger partial charge in [-0.2, -0.15) is 17.0 Å². The van der Waals surface area contributed by atoms with E-state index in [4.69, 9.17) is 9.47 Å². The highest BCUT2D eigenvalue weighted by atomic mass is 32.2. The number of nitrogens with zero attached hydrogens (tertiary/aromatic N) is 4. The fraction of sp³-hybridized carbons (Fsp3) is 0.692. The summed E-state index contributed by atoms with van der Waals surface area (Å²) in [6.45, 7) is 4.50. The Labute approximate surface area is 130 Å². The minimum atomic E-state index is -3.48. The highest BCUT2D eigenvalue weighted by Gasteiger charge is 2.35. The number of hydrogen-bond donors (Lipinski definition) is 0. The molecule has 22 heavy (non-hydrogen) atoms. The molecule has 0 bridgehead atoms. The summed E-state index contributed by atoms with van der Waals surface area (Å²) in [5.74, 6) is 0. The molecule has 3 heterocycles. The fourth-order valence-corrected chi connectivity index (χ4v) is 4.09. The molecule has 3 rings (SSSR count). The summed E-state index contributed by atoms with van der Waals surface area (Å²) >= 11 is 0. The molecule has 2 fully saturated rings. The van der Waals surface area contributed by atoms with Crippen molar-refractivity contribution in [2.45, 2.75) is 13.0 Å². The average Bonchev–Trinajstić information content (AvgIpc) is 2.56. The van der Waals surface area contributed by atoms with E-state index in [1.807, 2.05) is 6.92 Å². The molecule has 0 aliphatic carbocycles. The van der Waals surface area contributed by atoms with Crippen LogP contribution in [0, 0.1) is 6.92 Å². The lowest BCUT2D eigenvalue weighted by molar-refractivity contribution is -0.00865. The van der Waals surface area contributed by atoms with Gasteiger partial charge in [0.25, 0.3) is 10.2 Å². The van der Waals surface area contributed by atoms with Crippen LogP contribution in [0.4, 0.5) is 0 Å². The molecule has 0 radical (unpaired) electrons. The van der Waals surface area contributed by atoms with E-state index in [2.05, 4.69) is 9.97 Å². The lowest BCUT2D eigenvalue weighted by Crippen LogP contribution is -2.52. The summed E-state index contributed by atoms with van der Waals surface area (Å²) in [4.78, 5) is 8.48. The topological polar surface area (TPSA) is 84.9 Å². The van der Waals surface area contributed by atoms with Crippen molar-refractivity contribution in [3.8, 4) is 0 Å². The van der Waals surface area contributed by atoms with Gasteiger partial charge in [-0.15, -0.1) is 0 Å². The van der Waals surface area contributed by atoms with Crippen molar-refractivity contribution in [3.63, 3.8) is 0 Å². The first-order valence-corrected chi connectivity index (χ1v) is 8.70. The molecule has 2 aliphatic heterocycles. The second-order valence-electron chi connectivity index (χ2n) is 5.32. The first kappa shape index (κ1) is 15.8. The predicted octanol–water partition coefficient (Wildman–Crippen LogP) is -0.265. The second-order valence-corrected chi connectivity index (χ2v) is 7.25. The van der Waals surface area contributed by atoms with Gasteiger partial charge < -0.3 is 9.47 Å². The molecule has 9 heteroatoms. The van der Waals surface area contributed by atoms with Crippen molar-refractivity contribution in [3.05, 3.63) is 23.8 Å². The van der Waals surface area contributed by atoms with Crippen molar-refractivity contribution >= 4 is 10.2 Å². The summed E-state index contributed by atoms with van der Waals surface area (Å²) in [7, 11) is -3.48. The van der Waals surface area contributed by atoms with Crippen LogP contribution < -0.4 is 0 Å². The van der Waals surface area contributed by atoms with Gasteiger partial charge in [0, 0.05) is 32.4 Å². The van der Waals surface area contributed by atoms with Crippen molar-refractivity contribution in [2.24, 2.45) is 0 Å². The fourth-order valence-electron chi connectivity index (χ4n) is 2.52. The number of ether oxygens (including phenoxy) is 2. The Kier molecular flexibility index (Phi) is 4.69. The minimum absolute atomic E-state index is 0.261. The molecule has 8 nitrogen and oxygen atoms in total. The molecule has 0 amide bonds. The van der Waals surface area contributed by atoms with Crippen LogP contribution >= 0.6 is 0 Å². The number of hydrogen-bond acceptors (Lipinski definition) is 6. The molecular formula is C13H20N4O4S. The highest BCUT2D eigenvalue weighted by Crippen LogP contribution is 2.23. The van der Waals surface area contributed by atoms with Crippen LogP contribution in [0.3, 0.4) is 0 Å². The minimum Gasteiger partial charge on any atom is -0.379 e. The Bertz CT molecular complexity index is 601. The van der Waals surface area contributed by atoms with Gasteiger partial charge in [0.1, 0.15) is 6.10 Å². The Hall–Kier alpha value is -1.13. The maximum atomic E-state index is 12.7. The summed E-state index contributed by atoms with van der Waals surface area (Å²) in [6.07, 6.45) is 2.93. The van der Waals surface area contributed by atoms with Crippen molar-refractivity contribution in [1.29, 1.82) is 0 Å². The van der Waals surface area contributed by atoms with Gasteiger partial charge in [-0.3, -0.25) is 9.97 Å². The van der Waals surface area contributed by atoms with Crippen LogP contribution in [0.2, 0.25) is 0 Å². The highest BCUT2D eigenvalue weighted by molar-refractivity contribution is 7.86. The van der Waals surface area contributed by atoms with Crippen LogP contribution in [-0.4, -0.2) is 73.0 Å². The number of morpholine rings is 2. The van der Waals surface area contributed by atoms with E-state index in [-0.39, 0.29) is 12.6 Å². The third-order valence-corrected chi connectivity index (χ3v) is 5.78. The summed E-state index contributed by atoms with van der Waals surface area (Å²) in [5.41, 5.74) is 1.48. The molecule has 2 aliphatic rings. The van der Waals surface area contributed by atoms with Crippen molar-refractivity contribution < 1.29 is 17.9 Å². The van der Waals surface area contributed by atoms with Crippen LogP contribution in [-0.2, 0) is 19.7 Å². The Balaban J connectivity index is 1.73. The van der Waals surface area contributed by atoms with Gasteiger partial charge >= 0.3 is 0 Å². The molecule has 1 atom stereocenters. The number of aromatic nitrogens is 2. The smallest absolute Gasteiger partial charge is 0.282 e. The summed E-state index contributed by atoms with van der Waals surface area (Å²) < 4.78 is 39.2. The summed E-state index contributed by atoms with van der Waals surface area (Å²) in [6, 6.07) is 0. The van der Waals surface area contributed by atoms with E-state index in [9.17, 15) is 8.42 Å². The van der Waals surface area contributed by atoms with Crippen LogP contribution in [0.1, 0.15) is 17.5 Å². The van der Waals surface area contributed by atoms with E-state index in [0.717, 1.165) is 5.69 Å². The van der Waals surface area contributed by atoms with Gasteiger partial charge in [0.2, 0.25) is 0 Å². The van der Waals surface area contributed by atoms with E-state index in [0.29, 0.717) is 45.1 Å². The Morgan fingerprint density at radius 1 is 1.09 bits per heavy atom. The molecule has 0 unspecified atom stereocenters. The van der Waals surface area contributed by atoms with E-state index < -0.39 is 10.2 Å². The number of aryl methyl sites for hydroxylation is 1. The SMILES string of the molecule is Cc1cnc([C@@H]2CN(S(=O)(=O)N3CCOCC3)CCO2)cn1. The predicted molar refractivity (Wildman–Crippen MR) is 78.3 cm³/mol. The molecule has 122 valence electrons. The molecular weight excluding hydrogens is 308 g/mol. The maximum absolute atomic E-state index is 12.7. The van der Waals surface area contributed by atoms with E-state index >= 15 is 0 Å². The van der Waals surface area contributed by atoms with E-state index in [1.165, 1.54) is 8.61 Å². The van der Waals surface area contributed by atoms with Gasteiger partial charge in [-0.05, 0) is 6.92 Å². The van der Waals surface area contributed by atoms with Gasteiger partial charge in [-0.25, -0.2) is 0 Å². The molecule has 0 aromatic carbocycles. The molecule has 0 saturated carbocycles. The second kappa shape index (κ2) is 6.55. The lowest BCUT2D eigenvalue weighted by atomic mass is 10.2. The third kappa shape index (κ3) is 3.28. The van der Waals surface area contributed by atoms with Gasteiger partial charge in [0.15, 0.2) is 0 Å². The molecule has 2 saturated heterocycles. The average molecular weight is 328 g/mol. The monoisotopic (exact) mass is 328 g/mol. The molecule has 1 aromatic rings. The maximum Gasteiger partial charge on any atom is 0.282 e. The van der Waals surface area contributed by atoms with Gasteiger partial charge in [0.05, 0.1) is 37.4 Å². The van der Waals surface area contributed by atoms with Crippen LogP contribution in [0.5, 0.6) is 0 Å². The van der Waals surface area contributed by atoms with Gasteiger partial charge in [-0.1, -0.05) is 0 Å². The van der Waals surface area contributed by atoms with Crippen LogP contribution in [0.25, 0.3) is 0 Å². The third-order valence-electron chi connectivity index (χ3n) is 3.78. The normalized spacial score (nSPS) is 25.2. The van der Waals surface area contributed by atoms with E-state index in [1.54, 1.807) is 12.4 Å². The van der Waals surface area contributed by atoms with Crippen LogP contribution in [0.15, 0.2) is 12.4 Å². The van der Waals surface area contributed by atoms with Crippen molar-refractivity contribution in [1.82, 2.24) is 18.6 Å². The Morgan fingerprint density at radius 2 is 1.82 bits per heavy atom. The zero-order valence-electron chi connectivity index (χ0n) is 12.5. The zero-order valence-corrected chi connectivity index (χ0v) is 13.3. The Morgan fingerprint density at radius 3 is 2.50 bits per heavy atom. The molecule has 0 spiro atoms. The first-order valence-electron chi connectivity index (χ1n) is 7.30. The largest absolute Gasteiger partial charge is 0.379 e.